The normalized spacial score (nSPS) is 10.6. The first-order valence-electron chi connectivity index (χ1n) is 7.65. The Morgan fingerprint density at radius 1 is 1.15 bits per heavy atom. The molecule has 0 saturated carbocycles. The first-order valence-corrected chi connectivity index (χ1v) is 8.91. The third-order valence-electron chi connectivity index (χ3n) is 3.54. The van der Waals surface area contributed by atoms with Crippen molar-refractivity contribution < 1.29 is 18.3 Å². The zero-order chi connectivity index (χ0) is 18.7. The summed E-state index contributed by atoms with van der Waals surface area (Å²) in [7, 11) is 0. The summed E-state index contributed by atoms with van der Waals surface area (Å²) in [5, 5.41) is 4.84. The van der Waals surface area contributed by atoms with Gasteiger partial charge in [-0.25, -0.2) is 8.78 Å². The van der Waals surface area contributed by atoms with Crippen LogP contribution >= 0.6 is 22.9 Å². The number of amides is 1. The van der Waals surface area contributed by atoms with E-state index in [2.05, 4.69) is 5.32 Å². The van der Waals surface area contributed by atoms with Gasteiger partial charge in [-0.2, -0.15) is 0 Å². The van der Waals surface area contributed by atoms with E-state index in [4.69, 9.17) is 16.3 Å². The fourth-order valence-electron chi connectivity index (χ4n) is 2.22. The molecule has 0 aliphatic heterocycles. The van der Waals surface area contributed by atoms with Gasteiger partial charge in [-0.15, -0.1) is 11.3 Å². The Hall–Kier alpha value is -2.44. The predicted molar refractivity (Wildman–Crippen MR) is 99.2 cm³/mol. The number of aryl methyl sites for hydroxylation is 1. The lowest BCUT2D eigenvalue weighted by molar-refractivity contribution is 0.103. The van der Waals surface area contributed by atoms with Crippen molar-refractivity contribution in [3.63, 3.8) is 0 Å². The van der Waals surface area contributed by atoms with Crippen molar-refractivity contribution in [1.29, 1.82) is 0 Å². The molecule has 0 aliphatic carbocycles. The fraction of sp³-hybridized carbons (Fsp3) is 0.105. The van der Waals surface area contributed by atoms with E-state index in [0.29, 0.717) is 15.6 Å². The minimum absolute atomic E-state index is 0.187. The number of rotatable bonds is 5. The van der Waals surface area contributed by atoms with Gasteiger partial charge in [0, 0.05) is 17.3 Å². The average molecular weight is 394 g/mol. The van der Waals surface area contributed by atoms with Crippen LogP contribution in [0.25, 0.3) is 0 Å². The monoisotopic (exact) mass is 393 g/mol. The topological polar surface area (TPSA) is 38.3 Å². The number of halogens is 3. The quantitative estimate of drug-likeness (QED) is 0.593. The largest absolute Gasteiger partial charge is 0.487 e. The van der Waals surface area contributed by atoms with E-state index in [1.165, 1.54) is 17.4 Å². The van der Waals surface area contributed by atoms with E-state index in [0.717, 1.165) is 23.3 Å². The molecule has 1 heterocycles. The van der Waals surface area contributed by atoms with Crippen molar-refractivity contribution in [1.82, 2.24) is 0 Å². The first-order chi connectivity index (χ1) is 12.4. The Morgan fingerprint density at radius 3 is 2.73 bits per heavy atom. The second-order valence-electron chi connectivity index (χ2n) is 5.62. The van der Waals surface area contributed by atoms with Gasteiger partial charge >= 0.3 is 0 Å². The molecule has 7 heteroatoms. The molecule has 0 aliphatic rings. The minimum atomic E-state index is -1.02. The van der Waals surface area contributed by atoms with E-state index in [-0.39, 0.29) is 12.3 Å². The molecule has 1 N–H and O–H groups in total. The van der Waals surface area contributed by atoms with E-state index >= 15 is 0 Å². The highest BCUT2D eigenvalue weighted by atomic mass is 35.5. The molecular formula is C19H14ClF2NO2S. The second kappa shape index (κ2) is 7.85. The molecule has 2 aromatic carbocycles. The third kappa shape index (κ3) is 4.39. The molecule has 3 rings (SSSR count). The maximum absolute atomic E-state index is 13.2. The molecule has 3 nitrogen and oxygen atoms in total. The lowest BCUT2D eigenvalue weighted by atomic mass is 10.2. The second-order valence-corrected chi connectivity index (χ2v) is 6.94. The van der Waals surface area contributed by atoms with E-state index in [1.54, 1.807) is 17.5 Å². The van der Waals surface area contributed by atoms with E-state index < -0.39 is 17.5 Å². The molecule has 1 amide bonds. The van der Waals surface area contributed by atoms with Crippen LogP contribution in [0.3, 0.4) is 0 Å². The smallest absolute Gasteiger partial charge is 0.265 e. The van der Waals surface area contributed by atoms with E-state index in [1.807, 2.05) is 19.1 Å². The lowest BCUT2D eigenvalue weighted by Gasteiger charge is -2.07. The van der Waals surface area contributed by atoms with Gasteiger partial charge in [0.2, 0.25) is 0 Å². The van der Waals surface area contributed by atoms with Crippen LogP contribution in [-0.4, -0.2) is 5.91 Å². The van der Waals surface area contributed by atoms with Crippen molar-refractivity contribution in [2.75, 3.05) is 5.32 Å². The minimum Gasteiger partial charge on any atom is -0.487 e. The Bertz CT molecular complexity index is 958. The van der Waals surface area contributed by atoms with Crippen molar-refractivity contribution in [3.05, 3.63) is 80.5 Å². The number of carbonyl (C=O) groups is 1. The Morgan fingerprint density at radius 2 is 1.96 bits per heavy atom. The van der Waals surface area contributed by atoms with Crippen LogP contribution in [0.1, 0.15) is 20.8 Å². The average Bonchev–Trinajstić information content (AvgIpc) is 3.08. The fourth-order valence-corrected chi connectivity index (χ4v) is 3.18. The van der Waals surface area contributed by atoms with Gasteiger partial charge in [0.25, 0.3) is 5.91 Å². The predicted octanol–water partition coefficient (Wildman–Crippen LogP) is 5.82. The van der Waals surface area contributed by atoms with Crippen LogP contribution in [-0.2, 0) is 6.61 Å². The Labute approximate surface area is 158 Å². The van der Waals surface area contributed by atoms with Crippen LogP contribution in [0.5, 0.6) is 5.75 Å². The Balaban J connectivity index is 1.64. The highest BCUT2D eigenvalue weighted by molar-refractivity contribution is 7.12. The summed E-state index contributed by atoms with van der Waals surface area (Å²) >= 11 is 7.32. The summed E-state index contributed by atoms with van der Waals surface area (Å²) in [6.07, 6.45) is 0. The van der Waals surface area contributed by atoms with Gasteiger partial charge in [-0.1, -0.05) is 17.7 Å². The summed E-state index contributed by atoms with van der Waals surface area (Å²) in [6, 6.07) is 10.4. The highest BCUT2D eigenvalue weighted by Crippen LogP contribution is 2.27. The molecule has 0 spiro atoms. The number of nitrogens with one attached hydrogen (secondary N) is 1. The van der Waals surface area contributed by atoms with Crippen molar-refractivity contribution in [2.24, 2.45) is 0 Å². The van der Waals surface area contributed by atoms with Gasteiger partial charge in [0.1, 0.15) is 12.4 Å². The van der Waals surface area contributed by atoms with Crippen molar-refractivity contribution >= 4 is 34.5 Å². The number of ether oxygens (including phenoxy) is 1. The van der Waals surface area contributed by atoms with Crippen LogP contribution in [0, 0.1) is 18.6 Å². The van der Waals surface area contributed by atoms with Gasteiger partial charge in [0.15, 0.2) is 11.6 Å². The molecule has 0 fully saturated rings. The first kappa shape index (κ1) is 18.4. The molecule has 3 aromatic rings. The van der Waals surface area contributed by atoms with Gasteiger partial charge in [0.05, 0.1) is 9.90 Å². The summed E-state index contributed by atoms with van der Waals surface area (Å²) < 4.78 is 31.8. The maximum Gasteiger partial charge on any atom is 0.265 e. The van der Waals surface area contributed by atoms with Crippen LogP contribution in [0.2, 0.25) is 5.02 Å². The van der Waals surface area contributed by atoms with Crippen molar-refractivity contribution in [3.8, 4) is 5.75 Å². The molecule has 0 unspecified atom stereocenters. The number of hydrogen-bond donors (Lipinski definition) is 1. The summed E-state index contributed by atoms with van der Waals surface area (Å²) in [6.45, 7) is 2.20. The highest BCUT2D eigenvalue weighted by Gasteiger charge is 2.12. The lowest BCUT2D eigenvalue weighted by Crippen LogP contribution is -2.10. The number of anilines is 1. The number of carbonyl (C=O) groups excluding carboxylic acids is 1. The molecule has 26 heavy (non-hydrogen) atoms. The van der Waals surface area contributed by atoms with Gasteiger partial charge in [-0.05, 0) is 48.2 Å². The zero-order valence-electron chi connectivity index (χ0n) is 13.7. The number of hydrogen-bond acceptors (Lipinski definition) is 3. The molecular weight excluding hydrogens is 380 g/mol. The third-order valence-corrected chi connectivity index (χ3v) is 4.83. The number of benzene rings is 2. The maximum atomic E-state index is 13.2. The van der Waals surface area contributed by atoms with Crippen LogP contribution in [0.15, 0.2) is 47.8 Å². The molecule has 1 aromatic heterocycles. The van der Waals surface area contributed by atoms with Crippen molar-refractivity contribution in [2.45, 2.75) is 13.5 Å². The van der Waals surface area contributed by atoms with E-state index in [9.17, 15) is 13.6 Å². The van der Waals surface area contributed by atoms with Gasteiger partial charge < -0.3 is 10.1 Å². The summed E-state index contributed by atoms with van der Waals surface area (Å²) in [5.41, 5.74) is 2.02. The standard InChI is InChI=1S/C19H14ClF2NO2S/c1-11-2-4-14(20)17(6-11)25-9-12-7-18(26-10-12)19(24)23-13-3-5-15(21)16(22)8-13/h2-8,10H,9H2,1H3,(H,23,24). The molecule has 0 radical (unpaired) electrons. The molecule has 0 atom stereocenters. The summed E-state index contributed by atoms with van der Waals surface area (Å²) in [4.78, 5) is 12.7. The van der Waals surface area contributed by atoms with Gasteiger partial charge in [-0.3, -0.25) is 4.79 Å². The van der Waals surface area contributed by atoms with Crippen LogP contribution in [0.4, 0.5) is 14.5 Å². The number of thiophene rings is 1. The molecule has 134 valence electrons. The molecule has 0 saturated heterocycles. The SMILES string of the molecule is Cc1ccc(Cl)c(OCc2csc(C(=O)Nc3ccc(F)c(F)c3)c2)c1. The zero-order valence-corrected chi connectivity index (χ0v) is 15.3. The molecule has 0 bridgehead atoms. The van der Waals surface area contributed by atoms with Crippen LogP contribution < -0.4 is 10.1 Å². The summed E-state index contributed by atoms with van der Waals surface area (Å²) in [5.74, 6) is -1.81. The Kier molecular flexibility index (Phi) is 5.54.